The largest absolute Gasteiger partial charge is 0.508 e. The smallest absolute Gasteiger partial charge is 0.331 e. The van der Waals surface area contributed by atoms with Crippen molar-refractivity contribution >= 4 is 23.9 Å². The second-order valence-corrected chi connectivity index (χ2v) is 5.88. The molecule has 6 nitrogen and oxygen atoms in total. The van der Waals surface area contributed by atoms with Gasteiger partial charge in [0.05, 0.1) is 0 Å². The van der Waals surface area contributed by atoms with Crippen molar-refractivity contribution in [3.05, 3.63) is 35.4 Å². The lowest BCUT2D eigenvalue weighted by Crippen LogP contribution is -2.58. The molecule has 1 saturated heterocycles. The first-order chi connectivity index (χ1) is 11.1. The van der Waals surface area contributed by atoms with Gasteiger partial charge in [0, 0.05) is 6.04 Å². The fraction of sp³-hybridized carbons (Fsp3) is 0.353. The van der Waals surface area contributed by atoms with Crippen molar-refractivity contribution in [1.82, 2.24) is 10.2 Å². The second kappa shape index (κ2) is 6.24. The molecule has 0 spiro atoms. The summed E-state index contributed by atoms with van der Waals surface area (Å²) in [6, 6.07) is 5.46. The number of phenolic OH excluding ortho intramolecular Hbond substituents is 1. The molecule has 1 aromatic carbocycles. The Labute approximate surface area is 133 Å². The van der Waals surface area contributed by atoms with E-state index >= 15 is 0 Å². The molecule has 0 atom stereocenters. The predicted octanol–water partition coefficient (Wildman–Crippen LogP) is 2.19. The highest BCUT2D eigenvalue weighted by Gasteiger charge is 2.40. The zero-order chi connectivity index (χ0) is 16.4. The molecule has 3 rings (SSSR count). The van der Waals surface area contributed by atoms with Gasteiger partial charge in [-0.15, -0.1) is 0 Å². The van der Waals surface area contributed by atoms with Gasteiger partial charge in [0.25, 0.3) is 11.8 Å². The van der Waals surface area contributed by atoms with Crippen molar-refractivity contribution in [2.45, 2.75) is 38.1 Å². The highest BCUT2D eigenvalue weighted by atomic mass is 16.3. The lowest BCUT2D eigenvalue weighted by Gasteiger charge is -2.35. The van der Waals surface area contributed by atoms with Gasteiger partial charge >= 0.3 is 6.03 Å². The summed E-state index contributed by atoms with van der Waals surface area (Å²) >= 11 is 0. The van der Waals surface area contributed by atoms with Crippen molar-refractivity contribution in [3.8, 4) is 5.75 Å². The minimum absolute atomic E-state index is 0.0447. The number of aromatic hydroxyl groups is 1. The van der Waals surface area contributed by atoms with Gasteiger partial charge in [0.2, 0.25) is 0 Å². The number of hydrogen-bond donors (Lipinski definition) is 2. The Bertz CT molecular complexity index is 690. The summed E-state index contributed by atoms with van der Waals surface area (Å²) in [7, 11) is 0. The number of rotatable bonds is 2. The van der Waals surface area contributed by atoms with Crippen molar-refractivity contribution in [1.29, 1.82) is 0 Å². The molecule has 1 aromatic rings. The summed E-state index contributed by atoms with van der Waals surface area (Å²) in [6.07, 6.45) is 5.99. The van der Waals surface area contributed by atoms with Crippen LogP contribution in [0.2, 0.25) is 0 Å². The standard InChI is InChI=1S/C17H18N2O4/c20-13-8-4-5-11(9-13)10-14-15(21)18-17(23)19(16(14)22)12-6-2-1-3-7-12/h4-5,8-10,12,20H,1-3,6-7H2,(H,18,21,23). The number of benzene rings is 1. The van der Waals surface area contributed by atoms with Gasteiger partial charge in [-0.2, -0.15) is 0 Å². The van der Waals surface area contributed by atoms with E-state index in [0.717, 1.165) is 32.1 Å². The number of phenols is 1. The molecule has 6 heteroatoms. The third-order valence-corrected chi connectivity index (χ3v) is 4.25. The Balaban J connectivity index is 1.91. The van der Waals surface area contributed by atoms with E-state index in [0.29, 0.717) is 5.56 Å². The van der Waals surface area contributed by atoms with Crippen LogP contribution in [-0.2, 0) is 9.59 Å². The minimum Gasteiger partial charge on any atom is -0.508 e. The minimum atomic E-state index is -0.699. The van der Waals surface area contributed by atoms with Crippen LogP contribution in [0, 0.1) is 0 Å². The van der Waals surface area contributed by atoms with Crippen LogP contribution in [0.25, 0.3) is 6.08 Å². The Kier molecular flexibility index (Phi) is 4.14. The first kappa shape index (κ1) is 15.3. The molecule has 2 N–H and O–H groups in total. The third-order valence-electron chi connectivity index (χ3n) is 4.25. The zero-order valence-electron chi connectivity index (χ0n) is 12.6. The summed E-state index contributed by atoms with van der Waals surface area (Å²) in [6.45, 7) is 0. The van der Waals surface area contributed by atoms with Crippen LogP contribution in [0.3, 0.4) is 0 Å². The van der Waals surface area contributed by atoms with E-state index in [1.54, 1.807) is 12.1 Å². The zero-order valence-corrected chi connectivity index (χ0v) is 12.6. The highest BCUT2D eigenvalue weighted by molar-refractivity contribution is 6.31. The summed E-state index contributed by atoms with van der Waals surface area (Å²) < 4.78 is 0. The second-order valence-electron chi connectivity index (χ2n) is 5.88. The van der Waals surface area contributed by atoms with Crippen molar-refractivity contribution in [2.75, 3.05) is 0 Å². The average Bonchev–Trinajstić information content (AvgIpc) is 2.52. The summed E-state index contributed by atoms with van der Waals surface area (Å²) in [5, 5.41) is 11.7. The van der Waals surface area contributed by atoms with E-state index in [9.17, 15) is 19.5 Å². The predicted molar refractivity (Wildman–Crippen MR) is 83.3 cm³/mol. The maximum atomic E-state index is 12.6. The Morgan fingerprint density at radius 3 is 2.57 bits per heavy atom. The number of urea groups is 1. The number of carbonyl (C=O) groups excluding carboxylic acids is 3. The molecular formula is C17H18N2O4. The van der Waals surface area contributed by atoms with Gasteiger partial charge in [-0.3, -0.25) is 19.8 Å². The molecule has 2 aliphatic rings. The Morgan fingerprint density at radius 1 is 1.13 bits per heavy atom. The number of amides is 4. The summed E-state index contributed by atoms with van der Waals surface area (Å²) in [5.74, 6) is -1.22. The monoisotopic (exact) mass is 314 g/mol. The van der Waals surface area contributed by atoms with Gasteiger partial charge in [0.15, 0.2) is 0 Å². The van der Waals surface area contributed by atoms with Crippen LogP contribution in [0.15, 0.2) is 29.8 Å². The molecule has 23 heavy (non-hydrogen) atoms. The van der Waals surface area contributed by atoms with Crippen LogP contribution in [0.4, 0.5) is 4.79 Å². The molecule has 120 valence electrons. The maximum absolute atomic E-state index is 12.6. The number of imide groups is 2. The van der Waals surface area contributed by atoms with Gasteiger partial charge in [0.1, 0.15) is 11.3 Å². The van der Waals surface area contributed by atoms with E-state index < -0.39 is 17.8 Å². The summed E-state index contributed by atoms with van der Waals surface area (Å²) in [5.41, 5.74) is 0.446. The van der Waals surface area contributed by atoms with Gasteiger partial charge in [-0.05, 0) is 36.6 Å². The molecule has 0 radical (unpaired) electrons. The first-order valence-electron chi connectivity index (χ1n) is 7.76. The fourth-order valence-electron chi connectivity index (χ4n) is 3.12. The third kappa shape index (κ3) is 3.11. The van der Waals surface area contributed by atoms with Crippen molar-refractivity contribution < 1.29 is 19.5 Å². The number of nitrogens with zero attached hydrogens (tertiary/aromatic N) is 1. The lowest BCUT2D eigenvalue weighted by atomic mass is 9.93. The molecule has 0 bridgehead atoms. The van der Waals surface area contributed by atoms with Gasteiger partial charge < -0.3 is 5.11 Å². The quantitative estimate of drug-likeness (QED) is 0.647. The van der Waals surface area contributed by atoms with Gasteiger partial charge in [-0.25, -0.2) is 4.79 Å². The molecule has 2 fully saturated rings. The number of hydrogen-bond acceptors (Lipinski definition) is 4. The normalized spacial score (nSPS) is 21.7. The SMILES string of the molecule is O=C1NC(=O)N(C2CCCCC2)C(=O)C1=Cc1cccc(O)c1. The average molecular weight is 314 g/mol. The molecule has 1 saturated carbocycles. The first-order valence-corrected chi connectivity index (χ1v) is 7.76. The lowest BCUT2D eigenvalue weighted by molar-refractivity contribution is -0.132. The topological polar surface area (TPSA) is 86.7 Å². The molecule has 4 amide bonds. The molecule has 1 aliphatic heterocycles. The molecular weight excluding hydrogens is 296 g/mol. The van der Waals surface area contributed by atoms with E-state index in [1.807, 2.05) is 0 Å². The number of nitrogens with one attached hydrogen (secondary N) is 1. The molecule has 0 unspecified atom stereocenters. The summed E-state index contributed by atoms with van der Waals surface area (Å²) in [4.78, 5) is 37.9. The van der Waals surface area contributed by atoms with Crippen LogP contribution in [0.5, 0.6) is 5.75 Å². The van der Waals surface area contributed by atoms with E-state index in [2.05, 4.69) is 5.32 Å². The van der Waals surface area contributed by atoms with Crippen molar-refractivity contribution in [2.24, 2.45) is 0 Å². The van der Waals surface area contributed by atoms with Crippen LogP contribution in [0.1, 0.15) is 37.7 Å². The van der Waals surface area contributed by atoms with Crippen molar-refractivity contribution in [3.63, 3.8) is 0 Å². The Hall–Kier alpha value is -2.63. The molecule has 1 aliphatic carbocycles. The fourth-order valence-corrected chi connectivity index (χ4v) is 3.12. The number of barbiturate groups is 1. The van der Waals surface area contributed by atoms with Gasteiger partial charge in [-0.1, -0.05) is 31.4 Å². The number of carbonyl (C=O) groups is 3. The van der Waals surface area contributed by atoms with E-state index in [-0.39, 0.29) is 17.4 Å². The molecule has 1 heterocycles. The maximum Gasteiger partial charge on any atom is 0.331 e. The van der Waals surface area contributed by atoms with Crippen LogP contribution in [-0.4, -0.2) is 33.9 Å². The molecule has 0 aromatic heterocycles. The van der Waals surface area contributed by atoms with Crippen LogP contribution < -0.4 is 5.32 Å². The van der Waals surface area contributed by atoms with E-state index in [4.69, 9.17) is 0 Å². The van der Waals surface area contributed by atoms with E-state index in [1.165, 1.54) is 23.1 Å². The van der Waals surface area contributed by atoms with Crippen LogP contribution >= 0.6 is 0 Å². The Morgan fingerprint density at radius 2 is 1.87 bits per heavy atom. The highest BCUT2D eigenvalue weighted by Crippen LogP contribution is 2.26.